The molecule has 2 rings (SSSR count). The van der Waals surface area contributed by atoms with Crippen LogP contribution in [-0.4, -0.2) is 13.1 Å². The fourth-order valence-corrected chi connectivity index (χ4v) is 2.06. The minimum Gasteiger partial charge on any atom is -0.463 e. The van der Waals surface area contributed by atoms with Gasteiger partial charge in [0.15, 0.2) is 0 Å². The van der Waals surface area contributed by atoms with Gasteiger partial charge in [0.2, 0.25) is 5.76 Å². The number of methoxy groups -OCH3 is 1. The molecule has 0 fully saturated rings. The molecule has 0 saturated heterocycles. The van der Waals surface area contributed by atoms with E-state index in [2.05, 4.69) is 26.0 Å². The van der Waals surface area contributed by atoms with Crippen molar-refractivity contribution in [2.75, 3.05) is 12.4 Å². The lowest BCUT2D eigenvalue weighted by molar-refractivity contribution is 0.0563. The Hall–Kier alpha value is -1.46. The predicted molar refractivity (Wildman–Crippen MR) is 76.5 cm³/mol. The zero-order valence-corrected chi connectivity index (χ0v) is 12.4. The van der Waals surface area contributed by atoms with Crippen LogP contribution < -0.4 is 5.32 Å². The molecule has 1 aromatic heterocycles. The zero-order valence-electron chi connectivity index (χ0n) is 10.1. The molecule has 0 aliphatic carbocycles. The number of hydrogen-bond acceptors (Lipinski definition) is 4. The van der Waals surface area contributed by atoms with Crippen LogP contribution in [0.15, 0.2) is 39.2 Å². The Labute approximate surface area is 123 Å². The van der Waals surface area contributed by atoms with E-state index in [1.54, 1.807) is 24.3 Å². The molecule has 1 N–H and O–H groups in total. The van der Waals surface area contributed by atoms with E-state index >= 15 is 0 Å². The lowest BCUT2D eigenvalue weighted by Gasteiger charge is -2.07. The van der Waals surface area contributed by atoms with Crippen molar-refractivity contribution in [2.45, 2.75) is 6.54 Å². The molecule has 0 unspecified atom stereocenters. The van der Waals surface area contributed by atoms with E-state index < -0.39 is 5.97 Å². The first kappa shape index (κ1) is 14.0. The summed E-state index contributed by atoms with van der Waals surface area (Å²) >= 11 is 9.34. The predicted octanol–water partition coefficient (Wildman–Crippen LogP) is 4.09. The summed E-state index contributed by atoms with van der Waals surface area (Å²) < 4.78 is 10.8. The average molecular weight is 345 g/mol. The molecule has 1 aromatic carbocycles. The lowest BCUT2D eigenvalue weighted by atomic mass is 10.3. The first-order valence-electron chi connectivity index (χ1n) is 5.46. The lowest BCUT2D eigenvalue weighted by Crippen LogP contribution is -2.00. The Kier molecular flexibility index (Phi) is 4.50. The number of esters is 1. The first-order valence-corrected chi connectivity index (χ1v) is 6.63. The molecule has 0 aliphatic heterocycles. The van der Waals surface area contributed by atoms with Crippen molar-refractivity contribution in [3.8, 4) is 0 Å². The van der Waals surface area contributed by atoms with E-state index in [4.69, 9.17) is 16.0 Å². The highest BCUT2D eigenvalue weighted by Crippen LogP contribution is 2.26. The summed E-state index contributed by atoms with van der Waals surface area (Å²) in [7, 11) is 1.31. The molecule has 0 atom stereocenters. The number of carbonyl (C=O) groups is 1. The van der Waals surface area contributed by atoms with Gasteiger partial charge in [0.25, 0.3) is 0 Å². The van der Waals surface area contributed by atoms with Crippen LogP contribution in [0.25, 0.3) is 0 Å². The van der Waals surface area contributed by atoms with Gasteiger partial charge in [0.05, 0.1) is 19.3 Å². The maximum atomic E-state index is 11.2. The molecule has 0 radical (unpaired) electrons. The van der Waals surface area contributed by atoms with Crippen LogP contribution in [0.2, 0.25) is 5.02 Å². The maximum absolute atomic E-state index is 11.2. The van der Waals surface area contributed by atoms with Crippen molar-refractivity contribution in [1.29, 1.82) is 0 Å². The third-order valence-corrected chi connectivity index (χ3v) is 3.36. The number of benzene rings is 1. The van der Waals surface area contributed by atoms with Gasteiger partial charge in [-0.05, 0) is 46.3 Å². The van der Waals surface area contributed by atoms with E-state index in [9.17, 15) is 4.79 Å². The fraction of sp³-hybridized carbons (Fsp3) is 0.154. The van der Waals surface area contributed by atoms with Crippen LogP contribution >= 0.6 is 27.5 Å². The number of nitrogens with one attached hydrogen (secondary N) is 1. The summed E-state index contributed by atoms with van der Waals surface area (Å²) in [6.45, 7) is 0.440. The Bertz CT molecular complexity index is 597. The summed E-state index contributed by atoms with van der Waals surface area (Å²) in [6, 6.07) is 8.75. The van der Waals surface area contributed by atoms with Gasteiger partial charge < -0.3 is 14.5 Å². The molecular formula is C13H11BrClNO3. The second-order valence-corrected chi connectivity index (χ2v) is 5.03. The van der Waals surface area contributed by atoms with Gasteiger partial charge in [-0.1, -0.05) is 11.6 Å². The van der Waals surface area contributed by atoms with Crippen LogP contribution in [0, 0.1) is 0 Å². The van der Waals surface area contributed by atoms with Crippen molar-refractivity contribution in [3.05, 3.63) is 51.3 Å². The summed E-state index contributed by atoms with van der Waals surface area (Å²) in [6.07, 6.45) is 0. The Morgan fingerprint density at radius 1 is 1.42 bits per heavy atom. The van der Waals surface area contributed by atoms with Crippen molar-refractivity contribution in [2.24, 2.45) is 0 Å². The number of anilines is 1. The van der Waals surface area contributed by atoms with Crippen molar-refractivity contribution >= 4 is 39.2 Å². The third kappa shape index (κ3) is 3.52. The molecule has 1 heterocycles. The van der Waals surface area contributed by atoms with E-state index in [-0.39, 0.29) is 5.76 Å². The van der Waals surface area contributed by atoms with Gasteiger partial charge in [0.1, 0.15) is 5.76 Å². The van der Waals surface area contributed by atoms with Gasteiger partial charge in [0, 0.05) is 9.50 Å². The van der Waals surface area contributed by atoms with Gasteiger partial charge in [-0.15, -0.1) is 0 Å². The summed E-state index contributed by atoms with van der Waals surface area (Å²) in [5.74, 6) is 0.326. The summed E-state index contributed by atoms with van der Waals surface area (Å²) in [5.41, 5.74) is 0.850. The number of hydrogen-bond donors (Lipinski definition) is 1. The number of furan rings is 1. The zero-order chi connectivity index (χ0) is 13.8. The molecule has 0 bridgehead atoms. The number of rotatable bonds is 4. The van der Waals surface area contributed by atoms with Crippen LogP contribution in [0.3, 0.4) is 0 Å². The normalized spacial score (nSPS) is 10.3. The van der Waals surface area contributed by atoms with Crippen LogP contribution in [-0.2, 0) is 11.3 Å². The van der Waals surface area contributed by atoms with E-state index in [0.717, 1.165) is 10.2 Å². The highest BCUT2D eigenvalue weighted by molar-refractivity contribution is 9.10. The molecule has 0 amide bonds. The Morgan fingerprint density at radius 2 is 2.21 bits per heavy atom. The van der Waals surface area contributed by atoms with Gasteiger partial charge >= 0.3 is 5.97 Å². The maximum Gasteiger partial charge on any atom is 0.373 e. The molecule has 0 spiro atoms. The third-order valence-electron chi connectivity index (χ3n) is 2.43. The summed E-state index contributed by atoms with van der Waals surface area (Å²) in [4.78, 5) is 11.2. The second-order valence-electron chi connectivity index (χ2n) is 3.74. The van der Waals surface area contributed by atoms with E-state index in [1.165, 1.54) is 7.11 Å². The Morgan fingerprint density at radius 3 is 2.95 bits per heavy atom. The fourth-order valence-electron chi connectivity index (χ4n) is 1.50. The smallest absolute Gasteiger partial charge is 0.373 e. The molecule has 4 nitrogen and oxygen atoms in total. The number of halogens is 2. The molecule has 100 valence electrons. The minimum atomic E-state index is -0.491. The average Bonchev–Trinajstić information content (AvgIpc) is 2.88. The molecule has 19 heavy (non-hydrogen) atoms. The minimum absolute atomic E-state index is 0.185. The van der Waals surface area contributed by atoms with Crippen LogP contribution in [0.5, 0.6) is 0 Å². The van der Waals surface area contributed by atoms with Crippen LogP contribution in [0.1, 0.15) is 16.3 Å². The highest BCUT2D eigenvalue weighted by Gasteiger charge is 2.11. The van der Waals surface area contributed by atoms with Crippen LogP contribution in [0.4, 0.5) is 5.69 Å². The SMILES string of the molecule is COC(=O)c1ccc(CNc2cc(Cl)ccc2Br)o1. The molecule has 0 saturated carbocycles. The first-order chi connectivity index (χ1) is 9.10. The standard InChI is InChI=1S/C13H11BrClNO3/c1-18-13(17)12-5-3-9(19-12)7-16-11-6-8(15)2-4-10(11)14/h2-6,16H,7H2,1H3. The van der Waals surface area contributed by atoms with E-state index in [1.807, 2.05) is 6.07 Å². The Balaban J connectivity index is 2.04. The monoisotopic (exact) mass is 343 g/mol. The van der Waals surface area contributed by atoms with Crippen molar-refractivity contribution in [1.82, 2.24) is 0 Å². The quantitative estimate of drug-likeness (QED) is 0.849. The van der Waals surface area contributed by atoms with Gasteiger partial charge in [-0.2, -0.15) is 0 Å². The van der Waals surface area contributed by atoms with Crippen molar-refractivity contribution < 1.29 is 13.9 Å². The number of ether oxygens (including phenoxy) is 1. The summed E-state index contributed by atoms with van der Waals surface area (Å²) in [5, 5.41) is 3.80. The van der Waals surface area contributed by atoms with Gasteiger partial charge in [-0.3, -0.25) is 0 Å². The van der Waals surface area contributed by atoms with E-state index in [0.29, 0.717) is 17.3 Å². The largest absolute Gasteiger partial charge is 0.463 e. The van der Waals surface area contributed by atoms with Gasteiger partial charge in [-0.25, -0.2) is 4.79 Å². The second kappa shape index (κ2) is 6.12. The number of carbonyl (C=O) groups excluding carboxylic acids is 1. The van der Waals surface area contributed by atoms with Crippen molar-refractivity contribution in [3.63, 3.8) is 0 Å². The highest BCUT2D eigenvalue weighted by atomic mass is 79.9. The molecule has 0 aliphatic rings. The molecular weight excluding hydrogens is 334 g/mol. The molecule has 2 aromatic rings. The topological polar surface area (TPSA) is 51.5 Å². The molecule has 6 heteroatoms.